The number of phosphoric ester groups is 1. The van der Waals surface area contributed by atoms with Crippen LogP contribution in [0.3, 0.4) is 0 Å². The molecule has 0 saturated carbocycles. The van der Waals surface area contributed by atoms with Gasteiger partial charge < -0.3 is 4.74 Å². The molecule has 18 heavy (non-hydrogen) atoms. The standard InChI is InChI=1S/C10H18FO6P/c1-4-15-18(13,16-5-2)17-8-6-7-14-10(12)9(3)11/h3-8H2,1-2H3. The lowest BCUT2D eigenvalue weighted by Crippen LogP contribution is -2.08. The number of ether oxygens (including phenoxy) is 1. The Hall–Kier alpha value is -0.750. The minimum absolute atomic E-state index is 0.00329. The van der Waals surface area contributed by atoms with Crippen molar-refractivity contribution in [2.24, 2.45) is 0 Å². The van der Waals surface area contributed by atoms with Crippen LogP contribution in [-0.2, 0) is 27.7 Å². The van der Waals surface area contributed by atoms with Crippen LogP contribution in [0.1, 0.15) is 20.3 Å². The van der Waals surface area contributed by atoms with Crippen molar-refractivity contribution in [3.05, 3.63) is 12.4 Å². The molecule has 106 valence electrons. The highest BCUT2D eigenvalue weighted by molar-refractivity contribution is 7.48. The van der Waals surface area contributed by atoms with Crippen LogP contribution in [0.5, 0.6) is 0 Å². The van der Waals surface area contributed by atoms with Crippen molar-refractivity contribution in [1.82, 2.24) is 0 Å². The van der Waals surface area contributed by atoms with Gasteiger partial charge in [0.15, 0.2) is 0 Å². The van der Waals surface area contributed by atoms with Gasteiger partial charge in [-0.2, -0.15) is 4.39 Å². The van der Waals surface area contributed by atoms with E-state index in [-0.39, 0.29) is 32.8 Å². The van der Waals surface area contributed by atoms with Crippen molar-refractivity contribution < 1.29 is 32.1 Å². The van der Waals surface area contributed by atoms with Gasteiger partial charge in [-0.25, -0.2) is 9.36 Å². The van der Waals surface area contributed by atoms with Gasteiger partial charge in [-0.15, -0.1) is 0 Å². The number of rotatable bonds is 10. The fourth-order valence-electron chi connectivity index (χ4n) is 0.906. The summed E-state index contributed by atoms with van der Waals surface area (Å²) in [6.45, 7) is 6.41. The lowest BCUT2D eigenvalue weighted by atomic mass is 10.5. The summed E-state index contributed by atoms with van der Waals surface area (Å²) in [5.74, 6) is -2.28. The molecule has 0 saturated heterocycles. The summed E-state index contributed by atoms with van der Waals surface area (Å²) in [5.41, 5.74) is 0. The molecule has 0 aliphatic rings. The first kappa shape index (κ1) is 17.2. The third-order valence-electron chi connectivity index (χ3n) is 1.57. The van der Waals surface area contributed by atoms with Crippen molar-refractivity contribution in [3.63, 3.8) is 0 Å². The van der Waals surface area contributed by atoms with Crippen LogP contribution in [0.15, 0.2) is 12.4 Å². The fourth-order valence-corrected chi connectivity index (χ4v) is 2.12. The van der Waals surface area contributed by atoms with E-state index in [0.29, 0.717) is 0 Å². The van der Waals surface area contributed by atoms with Gasteiger partial charge in [0.05, 0.1) is 26.4 Å². The van der Waals surface area contributed by atoms with Gasteiger partial charge in [0.25, 0.3) is 0 Å². The summed E-state index contributed by atoms with van der Waals surface area (Å²) in [6, 6.07) is 0. The summed E-state index contributed by atoms with van der Waals surface area (Å²) >= 11 is 0. The maximum absolute atomic E-state index is 12.2. The highest BCUT2D eigenvalue weighted by atomic mass is 31.2. The van der Waals surface area contributed by atoms with Crippen LogP contribution < -0.4 is 0 Å². The number of carbonyl (C=O) groups is 1. The second kappa shape index (κ2) is 9.22. The van der Waals surface area contributed by atoms with Gasteiger partial charge in [0.1, 0.15) is 0 Å². The Bertz CT molecular complexity index is 309. The number of hydrogen-bond acceptors (Lipinski definition) is 6. The number of esters is 1. The summed E-state index contributed by atoms with van der Waals surface area (Å²) in [5, 5.41) is 0. The summed E-state index contributed by atoms with van der Waals surface area (Å²) in [6.07, 6.45) is 0.239. The molecule has 0 aliphatic carbocycles. The van der Waals surface area contributed by atoms with Crippen LogP contribution in [0.4, 0.5) is 4.39 Å². The van der Waals surface area contributed by atoms with Crippen molar-refractivity contribution in [1.29, 1.82) is 0 Å². The first-order valence-electron chi connectivity index (χ1n) is 5.50. The predicted molar refractivity (Wildman–Crippen MR) is 62.6 cm³/mol. The van der Waals surface area contributed by atoms with Crippen molar-refractivity contribution >= 4 is 13.8 Å². The zero-order valence-electron chi connectivity index (χ0n) is 10.5. The molecular formula is C10H18FO6P. The van der Waals surface area contributed by atoms with Gasteiger partial charge in [-0.05, 0) is 13.8 Å². The number of hydrogen-bond donors (Lipinski definition) is 0. The molecule has 0 aromatic carbocycles. The molecule has 0 N–H and O–H groups in total. The van der Waals surface area contributed by atoms with E-state index >= 15 is 0 Å². The van der Waals surface area contributed by atoms with E-state index in [1.165, 1.54) is 0 Å². The lowest BCUT2D eigenvalue weighted by molar-refractivity contribution is -0.140. The topological polar surface area (TPSA) is 71.1 Å². The molecule has 0 spiro atoms. The molecule has 0 heterocycles. The van der Waals surface area contributed by atoms with Gasteiger partial charge in [0, 0.05) is 6.42 Å². The molecule has 0 aromatic heterocycles. The Morgan fingerprint density at radius 1 is 1.17 bits per heavy atom. The smallest absolute Gasteiger partial charge is 0.460 e. The largest absolute Gasteiger partial charge is 0.474 e. The molecule has 0 bridgehead atoms. The Morgan fingerprint density at radius 2 is 1.72 bits per heavy atom. The van der Waals surface area contributed by atoms with E-state index in [0.717, 1.165) is 0 Å². The second-order valence-corrected chi connectivity index (χ2v) is 4.68. The van der Waals surface area contributed by atoms with Crippen LogP contribution in [0.25, 0.3) is 0 Å². The summed E-state index contributed by atoms with van der Waals surface area (Å²) in [4.78, 5) is 10.7. The van der Waals surface area contributed by atoms with E-state index in [1.807, 2.05) is 0 Å². The molecule has 0 amide bonds. The third kappa shape index (κ3) is 7.55. The van der Waals surface area contributed by atoms with Gasteiger partial charge in [-0.3, -0.25) is 13.6 Å². The van der Waals surface area contributed by atoms with E-state index in [2.05, 4.69) is 11.3 Å². The molecule has 0 atom stereocenters. The SMILES string of the molecule is C=C(F)C(=O)OCCCOP(=O)(OCC)OCC. The van der Waals surface area contributed by atoms with Crippen LogP contribution in [-0.4, -0.2) is 32.4 Å². The van der Waals surface area contributed by atoms with Crippen molar-refractivity contribution in [3.8, 4) is 0 Å². The summed E-state index contributed by atoms with van der Waals surface area (Å²) in [7, 11) is -3.53. The molecule has 0 fully saturated rings. The van der Waals surface area contributed by atoms with Crippen molar-refractivity contribution in [2.75, 3.05) is 26.4 Å². The van der Waals surface area contributed by atoms with Crippen molar-refractivity contribution in [2.45, 2.75) is 20.3 Å². The zero-order chi connectivity index (χ0) is 14.0. The highest BCUT2D eigenvalue weighted by Crippen LogP contribution is 2.49. The monoisotopic (exact) mass is 284 g/mol. The maximum Gasteiger partial charge on any atom is 0.474 e. The molecule has 0 rings (SSSR count). The fraction of sp³-hybridized carbons (Fsp3) is 0.700. The first-order chi connectivity index (χ1) is 8.45. The van der Waals surface area contributed by atoms with E-state index in [4.69, 9.17) is 13.6 Å². The first-order valence-corrected chi connectivity index (χ1v) is 6.96. The van der Waals surface area contributed by atoms with Gasteiger partial charge in [0.2, 0.25) is 5.83 Å². The molecule has 0 aromatic rings. The van der Waals surface area contributed by atoms with Crippen LogP contribution >= 0.6 is 7.82 Å². The zero-order valence-corrected chi connectivity index (χ0v) is 11.4. The Balaban J connectivity index is 3.84. The van der Waals surface area contributed by atoms with Gasteiger partial charge in [-0.1, -0.05) is 6.58 Å². The Labute approximate surface area is 106 Å². The minimum atomic E-state index is -3.53. The third-order valence-corrected chi connectivity index (χ3v) is 3.21. The van der Waals surface area contributed by atoms with E-state index in [9.17, 15) is 13.8 Å². The Kier molecular flexibility index (Phi) is 8.83. The van der Waals surface area contributed by atoms with Gasteiger partial charge >= 0.3 is 13.8 Å². The van der Waals surface area contributed by atoms with E-state index in [1.54, 1.807) is 13.8 Å². The lowest BCUT2D eigenvalue weighted by Gasteiger charge is -2.16. The summed E-state index contributed by atoms with van der Waals surface area (Å²) < 4.78 is 43.1. The molecule has 0 radical (unpaired) electrons. The average Bonchev–Trinajstić information content (AvgIpc) is 2.28. The van der Waals surface area contributed by atoms with Crippen LogP contribution in [0.2, 0.25) is 0 Å². The number of halogens is 1. The molecule has 0 aliphatic heterocycles. The molecular weight excluding hydrogens is 266 g/mol. The predicted octanol–water partition coefficient (Wildman–Crippen LogP) is 2.60. The number of carbonyl (C=O) groups excluding carboxylic acids is 1. The van der Waals surface area contributed by atoms with Crippen LogP contribution in [0, 0.1) is 0 Å². The second-order valence-electron chi connectivity index (χ2n) is 3.01. The molecule has 8 heteroatoms. The van der Waals surface area contributed by atoms with E-state index < -0.39 is 19.6 Å². The maximum atomic E-state index is 12.2. The average molecular weight is 284 g/mol. The minimum Gasteiger partial charge on any atom is -0.460 e. The molecule has 0 unspecified atom stereocenters. The normalized spacial score (nSPS) is 11.3. The highest BCUT2D eigenvalue weighted by Gasteiger charge is 2.24. The quantitative estimate of drug-likeness (QED) is 0.266. The Morgan fingerprint density at radius 3 is 2.17 bits per heavy atom. The number of phosphoric acid groups is 1. The molecule has 6 nitrogen and oxygen atoms in total.